The molecule has 188 valence electrons. The predicted molar refractivity (Wildman–Crippen MR) is 124 cm³/mol. The number of fused-ring (bicyclic) bond motifs is 1. The standard InChI is InChI=1S/C24H18F3N2O7.Na/c1-13(22(32)33)29(10-16(11-35-12-30)36-23(29)34)15-7-6-14-8-20(28-21(31)18(14)9-15)17-4-2-3-5-19(17)24(25,26)27;/h2-9,13,16H,10-11H2,1H3,(H-,28,31,32,33);/t13?,16-,29?;/m1./s1. The van der Waals surface area contributed by atoms with Crippen molar-refractivity contribution in [2.75, 3.05) is 13.2 Å². The van der Waals surface area contributed by atoms with Crippen LogP contribution in [0.4, 0.5) is 28.4 Å². The first-order chi connectivity index (χ1) is 17.3. The Hall–Kier alpha value is -3.19. The van der Waals surface area contributed by atoms with Crippen LogP contribution < -0.4 is 15.1 Å². The molecule has 37 heavy (non-hydrogen) atoms. The number of carbonyl (C=O) groups excluding carboxylic acids is 3. The van der Waals surface area contributed by atoms with Gasteiger partial charge in [0.2, 0.25) is 0 Å². The number of carbonyl (C=O) groups is 3. The molecule has 0 radical (unpaired) electrons. The number of aromatic amines is 1. The van der Waals surface area contributed by atoms with E-state index in [1.54, 1.807) is 0 Å². The molecule has 1 aliphatic rings. The van der Waals surface area contributed by atoms with Crippen LogP contribution in [-0.2, 0) is 20.4 Å². The Bertz CT molecular complexity index is 1470. The van der Waals surface area contributed by atoms with Crippen LogP contribution in [0.2, 0.25) is 0 Å². The van der Waals surface area contributed by atoms with E-state index in [1.165, 1.54) is 49.4 Å². The van der Waals surface area contributed by atoms with Crippen LogP contribution >= 0.6 is 0 Å². The van der Waals surface area contributed by atoms with E-state index in [0.29, 0.717) is 0 Å². The normalized spacial score (nSPS) is 20.5. The van der Waals surface area contributed by atoms with Crippen LogP contribution in [0.3, 0.4) is 0 Å². The quantitative estimate of drug-likeness (QED) is 0.387. The number of quaternary nitrogens is 1. The molecule has 13 heteroatoms. The molecule has 2 unspecified atom stereocenters. The van der Waals surface area contributed by atoms with Crippen LogP contribution in [0.25, 0.3) is 22.0 Å². The molecular formula is C24H18F3N2NaO7. The molecule has 0 saturated carbocycles. The number of H-pyrrole nitrogens is 1. The number of halogens is 3. The Morgan fingerprint density at radius 3 is 2.57 bits per heavy atom. The van der Waals surface area contributed by atoms with Gasteiger partial charge in [0.25, 0.3) is 0 Å². The topological polar surface area (TPSA) is 126 Å². The first-order valence-corrected chi connectivity index (χ1v) is 12.1. The van der Waals surface area contributed by atoms with E-state index in [4.69, 9.17) is 9.47 Å². The van der Waals surface area contributed by atoms with Crippen molar-refractivity contribution in [1.82, 2.24) is 9.47 Å². The second-order valence-electron chi connectivity index (χ2n) is 8.68. The fourth-order valence-electron chi connectivity index (χ4n) is 4.50. The Kier molecular flexibility index (Phi) is 7.21. The Balaban J connectivity index is 1.83. The molecule has 1 aliphatic heterocycles. The number of benzene rings is 2. The van der Waals surface area contributed by atoms with Crippen LogP contribution in [0.1, 0.15) is 12.5 Å². The summed E-state index contributed by atoms with van der Waals surface area (Å²) in [6.45, 7) is 0.788. The van der Waals surface area contributed by atoms with Crippen LogP contribution in [0.15, 0.2) is 53.3 Å². The van der Waals surface area contributed by atoms with Gasteiger partial charge in [0.1, 0.15) is 0 Å². The number of hydrogen-bond donors (Lipinski definition) is 1. The zero-order valence-corrected chi connectivity index (χ0v) is 21.6. The molecular weight excluding hydrogens is 508 g/mol. The van der Waals surface area contributed by atoms with Gasteiger partial charge in [-0.3, -0.25) is 0 Å². The molecule has 4 rings (SSSR count). The summed E-state index contributed by atoms with van der Waals surface area (Å²) in [5.74, 6) is -1.55. The van der Waals surface area contributed by atoms with E-state index in [1.807, 2.05) is 0 Å². The number of aliphatic carboxylic acids is 1. The van der Waals surface area contributed by atoms with Crippen molar-refractivity contribution >= 4 is 59.7 Å². The molecule has 1 N–H and O–H groups in total. The van der Waals surface area contributed by atoms with Crippen LogP contribution in [0.5, 0.6) is 0 Å². The average molecular weight is 526 g/mol. The van der Waals surface area contributed by atoms with Gasteiger partial charge in [0.15, 0.2) is 0 Å². The van der Waals surface area contributed by atoms with Gasteiger partial charge < -0.3 is 0 Å². The third-order valence-corrected chi connectivity index (χ3v) is 6.66. The minimum atomic E-state index is -4.65. The molecule has 1 aromatic heterocycles. The van der Waals surface area contributed by atoms with Crippen molar-refractivity contribution in [3.8, 4) is 11.3 Å². The number of rotatable bonds is 6. The van der Waals surface area contributed by atoms with Gasteiger partial charge in [-0.15, -0.1) is 0 Å². The van der Waals surface area contributed by atoms with E-state index < -0.39 is 49.2 Å². The number of alkyl halides is 3. The Labute approximate surface area is 224 Å². The molecule has 0 aliphatic carbocycles. The van der Waals surface area contributed by atoms with Crippen molar-refractivity contribution in [2.24, 2.45) is 0 Å². The maximum atomic E-state index is 13.5. The molecule has 0 bridgehead atoms. The van der Waals surface area contributed by atoms with E-state index in [0.717, 1.165) is 6.07 Å². The summed E-state index contributed by atoms with van der Waals surface area (Å²) in [6, 6.07) is 8.86. The summed E-state index contributed by atoms with van der Waals surface area (Å²) in [6.07, 6.45) is -6.51. The molecule has 3 aromatic rings. The molecule has 0 spiro atoms. The maximum absolute atomic E-state index is 13.5. The average Bonchev–Trinajstić information content (AvgIpc) is 3.18. The molecule has 3 atom stereocenters. The zero-order chi connectivity index (χ0) is 27.1. The summed E-state index contributed by atoms with van der Waals surface area (Å²) < 4.78 is 49.5. The van der Waals surface area contributed by atoms with E-state index in [2.05, 4.69) is 4.98 Å². The van der Waals surface area contributed by atoms with E-state index in [9.17, 15) is 37.5 Å². The molecule has 2 aromatic carbocycles. The minimum absolute atomic E-state index is 0.0241. The van der Waals surface area contributed by atoms with Crippen molar-refractivity contribution in [1.29, 1.82) is 0 Å². The van der Waals surface area contributed by atoms with Crippen molar-refractivity contribution in [2.45, 2.75) is 25.2 Å². The molecule has 1 saturated heterocycles. The molecule has 1 fully saturated rings. The first-order valence-electron chi connectivity index (χ1n) is 11.1. The molecule has 9 nitrogen and oxygen atoms in total. The predicted octanol–water partition coefficient (Wildman–Crippen LogP) is 2.48. The third-order valence-electron chi connectivity index (χ3n) is 6.37. The number of pyridine rings is 1. The van der Waals surface area contributed by atoms with Gasteiger partial charge in [-0.05, 0) is 6.07 Å². The summed E-state index contributed by atoms with van der Waals surface area (Å²) in [5.41, 5.74) is -1.83. The van der Waals surface area contributed by atoms with Crippen LogP contribution in [-0.4, -0.2) is 73.5 Å². The van der Waals surface area contributed by atoms with E-state index in [-0.39, 0.29) is 68.8 Å². The number of carboxylic acids is 1. The summed E-state index contributed by atoms with van der Waals surface area (Å²) in [7, 11) is 0. The Morgan fingerprint density at radius 2 is 1.92 bits per heavy atom. The second-order valence-corrected chi connectivity index (χ2v) is 9.50. The summed E-state index contributed by atoms with van der Waals surface area (Å²) >= 11 is 0.116. The molecule has 2 heterocycles. The van der Waals surface area contributed by atoms with Gasteiger partial charge in [-0.1, -0.05) is 18.2 Å². The van der Waals surface area contributed by atoms with Crippen molar-refractivity contribution in [3.63, 3.8) is 0 Å². The number of aromatic nitrogens is 1. The van der Waals surface area contributed by atoms with Gasteiger partial charge in [-0.25, -0.2) is 0 Å². The van der Waals surface area contributed by atoms with Crippen molar-refractivity contribution in [3.05, 3.63) is 64.4 Å². The van der Waals surface area contributed by atoms with E-state index >= 15 is 0 Å². The fraction of sp³-hybridized carbons (Fsp3) is 0.250. The molecule has 1 amide bonds. The number of amides is 1. The number of ether oxygens (including phenoxy) is 2. The number of hydrogen-bond acceptors (Lipinski definition) is 7. The number of nitrogens with zero attached hydrogens (tertiary/aromatic N) is 1. The summed E-state index contributed by atoms with van der Waals surface area (Å²) in [4.78, 5) is 51.6. The summed E-state index contributed by atoms with van der Waals surface area (Å²) in [5, 5.41) is 12.1. The van der Waals surface area contributed by atoms with Gasteiger partial charge >= 0.3 is 177 Å². The zero-order valence-electron chi connectivity index (χ0n) is 19.6. The van der Waals surface area contributed by atoms with Crippen molar-refractivity contribution < 1.29 is 42.1 Å². The monoisotopic (exact) mass is 526 g/mol. The Morgan fingerprint density at radius 1 is 1.22 bits per heavy atom. The fourth-order valence-corrected chi connectivity index (χ4v) is 4.67. The number of cyclic esters (lactones) is 1. The van der Waals surface area contributed by atoms with Crippen LogP contribution in [0, 0.1) is 0 Å². The second kappa shape index (κ2) is 9.93. The third kappa shape index (κ3) is 5.01. The number of nitrogens with one attached hydrogen (secondary N) is 1. The number of carboxylic acid groups (broad SMARTS) is 1. The first kappa shape index (κ1) is 26.9. The van der Waals surface area contributed by atoms with Gasteiger partial charge in [-0.2, -0.15) is 13.2 Å². The van der Waals surface area contributed by atoms with Gasteiger partial charge in [0, 0.05) is 5.56 Å². The SMILES string of the molecule is CC(C(=O)[O-])[N+]1(c2ccc3cc(-c4ccccc4C(F)(F)F)[nH]c(=O)c3c2)C[C@H](CO[C](=O)[Na])OC1=O. The van der Waals surface area contributed by atoms with Gasteiger partial charge in [0.05, 0.1) is 5.56 Å².